The van der Waals surface area contributed by atoms with Crippen LogP contribution in [0.1, 0.15) is 47.0 Å². The van der Waals surface area contributed by atoms with Crippen LogP contribution in [0.4, 0.5) is 0 Å². The summed E-state index contributed by atoms with van der Waals surface area (Å²) in [5, 5.41) is 11.4. The first kappa shape index (κ1) is 19.9. The lowest BCUT2D eigenvalue weighted by Gasteiger charge is -2.13. The van der Waals surface area contributed by atoms with Crippen LogP contribution in [0.5, 0.6) is 0 Å². The SMILES string of the molecule is CC(C)=CC(C)C/C(C)=C/C(=O)NC(CCC(N)=O)C(=O)O. The Hall–Kier alpha value is -2.11. The molecule has 0 fully saturated rings. The van der Waals surface area contributed by atoms with E-state index < -0.39 is 23.8 Å². The molecule has 0 aromatic carbocycles. The van der Waals surface area contributed by atoms with Gasteiger partial charge in [0.2, 0.25) is 11.8 Å². The molecule has 2 atom stereocenters. The second-order valence-electron chi connectivity index (χ2n) is 5.82. The van der Waals surface area contributed by atoms with Crippen molar-refractivity contribution in [2.45, 2.75) is 53.0 Å². The summed E-state index contributed by atoms with van der Waals surface area (Å²) in [7, 11) is 0. The molecule has 0 aliphatic carbocycles. The number of hydrogen-bond acceptors (Lipinski definition) is 3. The molecule has 0 aromatic heterocycles. The molecule has 0 aliphatic rings. The molecular weight excluding hydrogens is 284 g/mol. The van der Waals surface area contributed by atoms with E-state index in [-0.39, 0.29) is 12.8 Å². The lowest BCUT2D eigenvalue weighted by atomic mass is 10.00. The van der Waals surface area contributed by atoms with Crippen molar-refractivity contribution in [1.82, 2.24) is 5.32 Å². The zero-order chi connectivity index (χ0) is 17.3. The van der Waals surface area contributed by atoms with Gasteiger partial charge < -0.3 is 16.2 Å². The van der Waals surface area contributed by atoms with Gasteiger partial charge in [-0.05, 0) is 39.5 Å². The summed E-state index contributed by atoms with van der Waals surface area (Å²) in [6.45, 7) is 7.90. The van der Waals surface area contributed by atoms with Crippen molar-refractivity contribution in [2.75, 3.05) is 0 Å². The molecule has 6 nitrogen and oxygen atoms in total. The Morgan fingerprint density at radius 2 is 1.82 bits per heavy atom. The Morgan fingerprint density at radius 3 is 2.27 bits per heavy atom. The van der Waals surface area contributed by atoms with Crippen LogP contribution in [-0.4, -0.2) is 28.9 Å². The second-order valence-corrected chi connectivity index (χ2v) is 5.82. The third-order valence-corrected chi connectivity index (χ3v) is 2.93. The van der Waals surface area contributed by atoms with Crippen molar-refractivity contribution in [1.29, 1.82) is 0 Å². The van der Waals surface area contributed by atoms with Gasteiger partial charge in [0.15, 0.2) is 0 Å². The Labute approximate surface area is 131 Å². The quantitative estimate of drug-likeness (QED) is 0.445. The molecule has 124 valence electrons. The van der Waals surface area contributed by atoms with Crippen molar-refractivity contribution in [3.63, 3.8) is 0 Å². The molecule has 0 aliphatic heterocycles. The number of primary amides is 1. The molecule has 22 heavy (non-hydrogen) atoms. The maximum absolute atomic E-state index is 11.8. The zero-order valence-corrected chi connectivity index (χ0v) is 13.7. The van der Waals surface area contributed by atoms with E-state index in [4.69, 9.17) is 10.8 Å². The highest BCUT2D eigenvalue weighted by molar-refractivity contribution is 5.91. The summed E-state index contributed by atoms with van der Waals surface area (Å²) >= 11 is 0. The minimum atomic E-state index is -1.18. The molecule has 2 unspecified atom stereocenters. The van der Waals surface area contributed by atoms with Crippen molar-refractivity contribution >= 4 is 17.8 Å². The highest BCUT2D eigenvalue weighted by Crippen LogP contribution is 2.13. The number of allylic oxidation sites excluding steroid dienone is 3. The number of rotatable bonds is 9. The first-order valence-corrected chi connectivity index (χ1v) is 7.25. The molecule has 6 heteroatoms. The van der Waals surface area contributed by atoms with Crippen LogP contribution in [-0.2, 0) is 14.4 Å². The van der Waals surface area contributed by atoms with Gasteiger partial charge in [-0.25, -0.2) is 4.79 Å². The average Bonchev–Trinajstić information content (AvgIpc) is 2.31. The highest BCUT2D eigenvalue weighted by Gasteiger charge is 2.19. The molecule has 0 heterocycles. The maximum Gasteiger partial charge on any atom is 0.326 e. The Balaban J connectivity index is 4.60. The van der Waals surface area contributed by atoms with Crippen LogP contribution >= 0.6 is 0 Å². The largest absolute Gasteiger partial charge is 0.480 e. The van der Waals surface area contributed by atoms with Crippen molar-refractivity contribution in [3.05, 3.63) is 23.3 Å². The monoisotopic (exact) mass is 310 g/mol. The summed E-state index contributed by atoms with van der Waals surface area (Å²) < 4.78 is 0. The van der Waals surface area contributed by atoms with Crippen LogP contribution < -0.4 is 11.1 Å². The summed E-state index contributed by atoms with van der Waals surface area (Å²) in [5.74, 6) is -1.95. The van der Waals surface area contributed by atoms with Gasteiger partial charge in [0, 0.05) is 12.5 Å². The minimum absolute atomic E-state index is 0.0164. The van der Waals surface area contributed by atoms with Crippen molar-refractivity contribution in [2.24, 2.45) is 11.7 Å². The van der Waals surface area contributed by atoms with Gasteiger partial charge in [-0.1, -0.05) is 24.1 Å². The van der Waals surface area contributed by atoms with Gasteiger partial charge >= 0.3 is 5.97 Å². The normalized spacial score (nSPS) is 13.9. The van der Waals surface area contributed by atoms with Crippen LogP contribution in [0.15, 0.2) is 23.3 Å². The predicted octanol–water partition coefficient (Wildman–Crippen LogP) is 1.76. The van der Waals surface area contributed by atoms with E-state index in [0.717, 1.165) is 12.0 Å². The molecule has 0 saturated heterocycles. The number of nitrogens with one attached hydrogen (secondary N) is 1. The number of amides is 2. The van der Waals surface area contributed by atoms with Crippen LogP contribution in [0.2, 0.25) is 0 Å². The average molecular weight is 310 g/mol. The number of carbonyl (C=O) groups excluding carboxylic acids is 2. The molecule has 0 aromatic rings. The van der Waals surface area contributed by atoms with E-state index in [9.17, 15) is 14.4 Å². The number of aliphatic carboxylic acids is 1. The maximum atomic E-state index is 11.8. The summed E-state index contributed by atoms with van der Waals surface area (Å²) in [6, 6.07) is -1.11. The van der Waals surface area contributed by atoms with Gasteiger partial charge in [0.05, 0.1) is 0 Å². The topological polar surface area (TPSA) is 109 Å². The fourth-order valence-corrected chi connectivity index (χ4v) is 2.18. The fourth-order valence-electron chi connectivity index (χ4n) is 2.18. The molecule has 0 saturated carbocycles. The predicted molar refractivity (Wildman–Crippen MR) is 85.0 cm³/mol. The lowest BCUT2D eigenvalue weighted by Crippen LogP contribution is -2.40. The summed E-state index contributed by atoms with van der Waals surface area (Å²) in [4.78, 5) is 33.6. The smallest absolute Gasteiger partial charge is 0.326 e. The van der Waals surface area contributed by atoms with E-state index in [0.29, 0.717) is 5.92 Å². The molecule has 2 amide bonds. The molecule has 0 bridgehead atoms. The molecule has 0 radical (unpaired) electrons. The molecule has 0 rings (SSSR count). The molecule has 0 spiro atoms. The highest BCUT2D eigenvalue weighted by atomic mass is 16.4. The van der Waals surface area contributed by atoms with Gasteiger partial charge in [0.25, 0.3) is 0 Å². The second kappa shape index (κ2) is 9.76. The van der Waals surface area contributed by atoms with E-state index >= 15 is 0 Å². The van der Waals surface area contributed by atoms with E-state index in [1.165, 1.54) is 11.6 Å². The van der Waals surface area contributed by atoms with E-state index in [1.807, 2.05) is 20.8 Å². The van der Waals surface area contributed by atoms with E-state index in [2.05, 4.69) is 18.3 Å². The molecule has 4 N–H and O–H groups in total. The van der Waals surface area contributed by atoms with Gasteiger partial charge in [-0.3, -0.25) is 9.59 Å². The Morgan fingerprint density at radius 1 is 1.23 bits per heavy atom. The lowest BCUT2D eigenvalue weighted by molar-refractivity contribution is -0.141. The Bertz CT molecular complexity index is 477. The minimum Gasteiger partial charge on any atom is -0.480 e. The van der Waals surface area contributed by atoms with E-state index in [1.54, 1.807) is 0 Å². The first-order chi connectivity index (χ1) is 10.1. The Kier molecular flexibility index (Phi) is 8.82. The first-order valence-electron chi connectivity index (χ1n) is 7.25. The van der Waals surface area contributed by atoms with Gasteiger partial charge in [-0.2, -0.15) is 0 Å². The number of hydrogen-bond donors (Lipinski definition) is 3. The number of carbonyl (C=O) groups is 3. The summed E-state index contributed by atoms with van der Waals surface area (Å²) in [6.07, 6.45) is 4.13. The third-order valence-electron chi connectivity index (χ3n) is 2.93. The van der Waals surface area contributed by atoms with Gasteiger partial charge in [-0.15, -0.1) is 0 Å². The zero-order valence-electron chi connectivity index (χ0n) is 13.7. The standard InChI is InChI=1S/C16H26N2O4/c1-10(2)7-11(3)8-12(4)9-15(20)18-13(16(21)22)5-6-14(17)19/h7,9,11,13H,5-6,8H2,1-4H3,(H2,17,19)(H,18,20)(H,21,22)/b12-9+. The summed E-state index contributed by atoms with van der Waals surface area (Å²) in [5.41, 5.74) is 7.06. The van der Waals surface area contributed by atoms with Crippen LogP contribution in [0.3, 0.4) is 0 Å². The van der Waals surface area contributed by atoms with Crippen LogP contribution in [0.25, 0.3) is 0 Å². The number of carboxylic acid groups (broad SMARTS) is 1. The fraction of sp³-hybridized carbons (Fsp3) is 0.562. The van der Waals surface area contributed by atoms with Gasteiger partial charge in [0.1, 0.15) is 6.04 Å². The van der Waals surface area contributed by atoms with Crippen molar-refractivity contribution < 1.29 is 19.5 Å². The third kappa shape index (κ3) is 9.74. The van der Waals surface area contributed by atoms with Crippen LogP contribution in [0, 0.1) is 5.92 Å². The number of carboxylic acids is 1. The number of nitrogens with two attached hydrogens (primary N) is 1. The van der Waals surface area contributed by atoms with Crippen molar-refractivity contribution in [3.8, 4) is 0 Å². The molecular formula is C16H26N2O4.